The van der Waals surface area contributed by atoms with Gasteiger partial charge in [-0.3, -0.25) is 0 Å². The molecule has 0 fully saturated rings. The van der Waals surface area contributed by atoms with Crippen molar-refractivity contribution in [1.29, 1.82) is 0 Å². The molecule has 0 aliphatic rings. The Hall–Kier alpha value is -2.74. The number of benzene rings is 3. The Morgan fingerprint density at radius 1 is 0.889 bits per heavy atom. The molecule has 0 N–H and O–H groups in total. The highest BCUT2D eigenvalue weighted by atomic mass is 15.0. The first-order valence-electron chi connectivity index (χ1n) is 9.59. The SMILES string of the molecule is Cc1cc2ccc3ccccc3c2cc1-c1cc(CC(C)(C)C)nc[n+]1C. The van der Waals surface area contributed by atoms with E-state index >= 15 is 0 Å². The van der Waals surface area contributed by atoms with Gasteiger partial charge in [-0.05, 0) is 45.5 Å². The first kappa shape index (κ1) is 17.7. The highest BCUT2D eigenvalue weighted by Gasteiger charge is 2.19. The average molecular weight is 356 g/mol. The van der Waals surface area contributed by atoms with Gasteiger partial charge < -0.3 is 0 Å². The number of hydrogen-bond donors (Lipinski definition) is 0. The van der Waals surface area contributed by atoms with Gasteiger partial charge in [-0.15, -0.1) is 0 Å². The summed E-state index contributed by atoms with van der Waals surface area (Å²) in [5.41, 5.74) is 5.16. The molecule has 2 nitrogen and oxygen atoms in total. The predicted molar refractivity (Wildman–Crippen MR) is 114 cm³/mol. The number of rotatable bonds is 2. The fraction of sp³-hybridized carbons (Fsp3) is 0.280. The Bertz CT molecular complexity index is 1150. The maximum atomic E-state index is 4.65. The van der Waals surface area contributed by atoms with Crippen LogP contribution in [0.1, 0.15) is 32.0 Å². The maximum absolute atomic E-state index is 4.65. The van der Waals surface area contributed by atoms with E-state index in [1.807, 2.05) is 6.33 Å². The largest absolute Gasteiger partial charge is 0.286 e. The lowest BCUT2D eigenvalue weighted by molar-refractivity contribution is -0.663. The summed E-state index contributed by atoms with van der Waals surface area (Å²) < 4.78 is 2.13. The van der Waals surface area contributed by atoms with E-state index < -0.39 is 0 Å². The molecule has 0 radical (unpaired) electrons. The van der Waals surface area contributed by atoms with Gasteiger partial charge in [0.15, 0.2) is 5.69 Å². The predicted octanol–water partition coefficient (Wildman–Crippen LogP) is 5.78. The molecular formula is C25H27N2+. The second-order valence-electron chi connectivity index (χ2n) is 8.79. The van der Waals surface area contributed by atoms with Gasteiger partial charge in [0, 0.05) is 18.1 Å². The van der Waals surface area contributed by atoms with Crippen molar-refractivity contribution in [1.82, 2.24) is 4.98 Å². The molecule has 3 aromatic carbocycles. The van der Waals surface area contributed by atoms with Crippen molar-refractivity contribution < 1.29 is 4.57 Å². The van der Waals surface area contributed by atoms with E-state index in [2.05, 4.69) is 98.9 Å². The standard InChI is InChI=1S/C25H27N2/c1-17-12-19-11-10-18-8-6-7-9-21(18)23(19)14-22(17)24-13-20(15-25(2,3)4)26-16-27(24)5/h6-14,16H,15H2,1-5H3/q+1. The summed E-state index contributed by atoms with van der Waals surface area (Å²) in [7, 11) is 2.08. The molecule has 1 heterocycles. The lowest BCUT2D eigenvalue weighted by atomic mass is 9.89. The van der Waals surface area contributed by atoms with Gasteiger partial charge in [-0.25, -0.2) is 4.57 Å². The molecule has 2 heteroatoms. The van der Waals surface area contributed by atoms with Crippen LogP contribution in [-0.4, -0.2) is 4.98 Å². The quantitative estimate of drug-likeness (QED) is 0.329. The maximum Gasteiger partial charge on any atom is 0.286 e. The summed E-state index contributed by atoms with van der Waals surface area (Å²) in [6.07, 6.45) is 2.92. The first-order valence-corrected chi connectivity index (χ1v) is 9.59. The Morgan fingerprint density at radius 3 is 2.41 bits per heavy atom. The normalized spacial score (nSPS) is 12.0. The molecule has 0 unspecified atom stereocenters. The summed E-state index contributed by atoms with van der Waals surface area (Å²) in [5.74, 6) is 0. The van der Waals surface area contributed by atoms with Crippen LogP contribution in [0.25, 0.3) is 32.8 Å². The highest BCUT2D eigenvalue weighted by Crippen LogP contribution is 2.32. The molecule has 1 aromatic heterocycles. The third-order valence-corrected chi connectivity index (χ3v) is 5.16. The Balaban J connectivity index is 1.94. The van der Waals surface area contributed by atoms with E-state index in [-0.39, 0.29) is 5.41 Å². The molecule has 4 aromatic rings. The topological polar surface area (TPSA) is 16.8 Å². The lowest BCUT2D eigenvalue weighted by Gasteiger charge is -2.16. The van der Waals surface area contributed by atoms with Crippen LogP contribution in [0.4, 0.5) is 0 Å². The fourth-order valence-electron chi connectivity index (χ4n) is 3.87. The fourth-order valence-corrected chi connectivity index (χ4v) is 3.87. The molecular weight excluding hydrogens is 328 g/mol. The zero-order valence-corrected chi connectivity index (χ0v) is 16.9. The Kier molecular flexibility index (Phi) is 4.22. The molecule has 0 spiro atoms. The van der Waals surface area contributed by atoms with Crippen molar-refractivity contribution in [2.75, 3.05) is 0 Å². The summed E-state index contributed by atoms with van der Waals surface area (Å²) >= 11 is 0. The second-order valence-corrected chi connectivity index (χ2v) is 8.79. The van der Waals surface area contributed by atoms with Crippen molar-refractivity contribution in [2.45, 2.75) is 34.1 Å². The van der Waals surface area contributed by atoms with Crippen LogP contribution in [0, 0.1) is 12.3 Å². The second kappa shape index (κ2) is 6.45. The van der Waals surface area contributed by atoms with Crippen LogP contribution >= 0.6 is 0 Å². The van der Waals surface area contributed by atoms with Crippen LogP contribution in [0.3, 0.4) is 0 Å². The first-order chi connectivity index (χ1) is 12.8. The van der Waals surface area contributed by atoms with Crippen molar-refractivity contribution in [3.63, 3.8) is 0 Å². The third-order valence-electron chi connectivity index (χ3n) is 5.16. The van der Waals surface area contributed by atoms with Crippen molar-refractivity contribution in [3.8, 4) is 11.3 Å². The monoisotopic (exact) mass is 355 g/mol. The highest BCUT2D eigenvalue weighted by molar-refractivity contribution is 6.08. The van der Waals surface area contributed by atoms with Gasteiger partial charge in [0.2, 0.25) is 0 Å². The Morgan fingerprint density at radius 2 is 1.63 bits per heavy atom. The van der Waals surface area contributed by atoms with E-state index in [4.69, 9.17) is 0 Å². The van der Waals surface area contributed by atoms with Crippen LogP contribution in [0.15, 0.2) is 60.9 Å². The minimum atomic E-state index is 0.221. The van der Waals surface area contributed by atoms with Gasteiger partial charge >= 0.3 is 0 Å². The molecule has 136 valence electrons. The number of fused-ring (bicyclic) bond motifs is 3. The summed E-state index contributed by atoms with van der Waals surface area (Å²) in [5, 5.41) is 5.19. The van der Waals surface area contributed by atoms with Crippen LogP contribution in [0.2, 0.25) is 0 Å². The minimum absolute atomic E-state index is 0.221. The molecule has 0 amide bonds. The smallest absolute Gasteiger partial charge is 0.233 e. The van der Waals surface area contributed by atoms with Crippen LogP contribution < -0.4 is 4.57 Å². The molecule has 0 bridgehead atoms. The number of hydrogen-bond acceptors (Lipinski definition) is 1. The molecule has 0 aliphatic heterocycles. The summed E-state index contributed by atoms with van der Waals surface area (Å²) in [6, 6.07) is 20.0. The minimum Gasteiger partial charge on any atom is -0.233 e. The zero-order chi connectivity index (χ0) is 19.2. The number of aromatic nitrogens is 2. The molecule has 4 rings (SSSR count). The molecule has 0 saturated carbocycles. The van der Waals surface area contributed by atoms with E-state index in [1.54, 1.807) is 0 Å². The zero-order valence-electron chi connectivity index (χ0n) is 16.9. The molecule has 27 heavy (non-hydrogen) atoms. The molecule has 0 atom stereocenters. The summed E-state index contributed by atoms with van der Waals surface area (Å²) in [4.78, 5) is 4.65. The molecule has 0 aliphatic carbocycles. The Labute approximate surface area is 161 Å². The van der Waals surface area contributed by atoms with Crippen molar-refractivity contribution in [2.24, 2.45) is 12.5 Å². The van der Waals surface area contributed by atoms with Gasteiger partial charge in [-0.1, -0.05) is 68.2 Å². The van der Waals surface area contributed by atoms with E-state index in [1.165, 1.54) is 38.4 Å². The van der Waals surface area contributed by atoms with Gasteiger partial charge in [-0.2, -0.15) is 0 Å². The van der Waals surface area contributed by atoms with E-state index in [0.717, 1.165) is 12.1 Å². The number of aryl methyl sites for hydroxylation is 2. The van der Waals surface area contributed by atoms with Gasteiger partial charge in [0.05, 0.1) is 7.05 Å². The van der Waals surface area contributed by atoms with Crippen molar-refractivity contribution >= 4 is 21.5 Å². The lowest BCUT2D eigenvalue weighted by Crippen LogP contribution is -2.32. The van der Waals surface area contributed by atoms with Crippen LogP contribution in [-0.2, 0) is 13.5 Å². The molecule has 0 saturated heterocycles. The summed E-state index contributed by atoms with van der Waals surface area (Å²) in [6.45, 7) is 8.98. The van der Waals surface area contributed by atoms with Gasteiger partial charge in [0.1, 0.15) is 5.69 Å². The number of nitrogens with zero attached hydrogens (tertiary/aromatic N) is 2. The van der Waals surface area contributed by atoms with Crippen LogP contribution in [0.5, 0.6) is 0 Å². The van der Waals surface area contributed by atoms with Gasteiger partial charge in [0.25, 0.3) is 6.33 Å². The van der Waals surface area contributed by atoms with E-state index in [9.17, 15) is 0 Å². The van der Waals surface area contributed by atoms with Crippen molar-refractivity contribution in [3.05, 3.63) is 72.2 Å². The third kappa shape index (κ3) is 3.44. The van der Waals surface area contributed by atoms with E-state index in [0.29, 0.717) is 0 Å². The average Bonchev–Trinajstić information content (AvgIpc) is 2.61.